The summed E-state index contributed by atoms with van der Waals surface area (Å²) in [7, 11) is 0. The van der Waals surface area contributed by atoms with Crippen LogP contribution < -0.4 is 10.1 Å². The van der Waals surface area contributed by atoms with Crippen LogP contribution in [0.3, 0.4) is 0 Å². The molecule has 7 heteroatoms. The van der Waals surface area contributed by atoms with Gasteiger partial charge in [0.25, 0.3) is 0 Å². The van der Waals surface area contributed by atoms with Gasteiger partial charge in [-0.15, -0.1) is 11.3 Å². The van der Waals surface area contributed by atoms with Crippen LogP contribution in [0.15, 0.2) is 53.9 Å². The van der Waals surface area contributed by atoms with E-state index in [1.165, 1.54) is 16.9 Å². The third kappa shape index (κ3) is 4.32. The Morgan fingerprint density at radius 2 is 1.96 bits per heavy atom. The van der Waals surface area contributed by atoms with Gasteiger partial charge in [-0.05, 0) is 31.2 Å². The number of hydrogen-bond donors (Lipinski definition) is 2. The summed E-state index contributed by atoms with van der Waals surface area (Å²) in [6.45, 7) is 2.42. The number of aryl methyl sites for hydroxylation is 1. The first kappa shape index (κ1) is 17.2. The van der Waals surface area contributed by atoms with E-state index in [9.17, 15) is 4.79 Å². The van der Waals surface area contributed by atoms with E-state index in [0.29, 0.717) is 12.6 Å². The van der Waals surface area contributed by atoms with E-state index in [1.807, 2.05) is 60.8 Å². The Bertz CT molecular complexity index is 1040. The molecule has 0 fully saturated rings. The van der Waals surface area contributed by atoms with Crippen molar-refractivity contribution < 1.29 is 9.53 Å². The first-order chi connectivity index (χ1) is 13.2. The van der Waals surface area contributed by atoms with Crippen LogP contribution in [0.2, 0.25) is 0 Å². The number of rotatable bonds is 6. The molecule has 0 aliphatic rings. The fourth-order valence-electron chi connectivity index (χ4n) is 2.63. The third-order valence-corrected chi connectivity index (χ3v) is 4.84. The summed E-state index contributed by atoms with van der Waals surface area (Å²) in [5, 5.41) is 5.50. The molecule has 136 valence electrons. The Morgan fingerprint density at radius 1 is 1.15 bits per heavy atom. The van der Waals surface area contributed by atoms with E-state index in [1.54, 1.807) is 0 Å². The fraction of sp³-hybridized carbons (Fsp3) is 0.150. The van der Waals surface area contributed by atoms with E-state index in [0.717, 1.165) is 27.5 Å². The smallest absolute Gasteiger partial charge is 0.232 e. The van der Waals surface area contributed by atoms with Crippen molar-refractivity contribution in [1.29, 1.82) is 0 Å². The highest BCUT2D eigenvalue weighted by Gasteiger charge is 2.11. The second kappa shape index (κ2) is 7.59. The van der Waals surface area contributed by atoms with Gasteiger partial charge in [0.15, 0.2) is 0 Å². The van der Waals surface area contributed by atoms with Crippen molar-refractivity contribution in [2.45, 2.75) is 20.0 Å². The molecular weight excluding hydrogens is 360 g/mol. The molecule has 0 saturated carbocycles. The standard InChI is InChI=1S/C20H18N4O2S/c1-13-6-8-15(9-7-13)26-11-19-21-14(12-27-19)10-18(25)24-20-22-16-4-2-3-5-17(16)23-20/h2-9,12H,10-11H2,1H3,(H2,22,23,24,25). The number of carbonyl (C=O) groups excluding carboxylic acids is 1. The molecule has 0 aliphatic heterocycles. The average Bonchev–Trinajstić information content (AvgIpc) is 3.27. The molecule has 1 amide bonds. The van der Waals surface area contributed by atoms with Crippen molar-refractivity contribution >= 4 is 34.2 Å². The molecule has 2 heterocycles. The van der Waals surface area contributed by atoms with Crippen LogP contribution in [0.4, 0.5) is 5.95 Å². The molecule has 0 aliphatic carbocycles. The first-order valence-electron chi connectivity index (χ1n) is 8.53. The summed E-state index contributed by atoms with van der Waals surface area (Å²) in [6, 6.07) is 15.5. The highest BCUT2D eigenvalue weighted by atomic mass is 32.1. The van der Waals surface area contributed by atoms with Crippen LogP contribution in [0.1, 0.15) is 16.3 Å². The van der Waals surface area contributed by atoms with Crippen LogP contribution in [-0.4, -0.2) is 20.9 Å². The number of aromatic nitrogens is 3. The van der Waals surface area contributed by atoms with Gasteiger partial charge in [0.1, 0.15) is 17.4 Å². The molecule has 6 nitrogen and oxygen atoms in total. The summed E-state index contributed by atoms with van der Waals surface area (Å²) in [5.74, 6) is 1.09. The number of nitrogens with zero attached hydrogens (tertiary/aromatic N) is 2. The molecule has 0 bridgehead atoms. The molecule has 4 aromatic rings. The fourth-order valence-corrected chi connectivity index (χ4v) is 3.33. The molecule has 2 aromatic heterocycles. The molecule has 0 radical (unpaired) electrons. The average molecular weight is 378 g/mol. The largest absolute Gasteiger partial charge is 0.486 e. The number of para-hydroxylation sites is 2. The Hall–Kier alpha value is -3.19. The predicted octanol–water partition coefficient (Wildman–Crippen LogP) is 4.09. The Morgan fingerprint density at radius 3 is 2.78 bits per heavy atom. The minimum atomic E-state index is -0.162. The Kier molecular flexibility index (Phi) is 4.84. The van der Waals surface area contributed by atoms with Gasteiger partial charge in [-0.2, -0.15) is 0 Å². The van der Waals surface area contributed by atoms with Gasteiger partial charge in [0.2, 0.25) is 11.9 Å². The molecule has 27 heavy (non-hydrogen) atoms. The maximum Gasteiger partial charge on any atom is 0.232 e. The van der Waals surface area contributed by atoms with E-state index < -0.39 is 0 Å². The summed E-state index contributed by atoms with van der Waals surface area (Å²) < 4.78 is 5.73. The SMILES string of the molecule is Cc1ccc(OCc2nc(CC(=O)Nc3nc4ccccc4[nH]3)cs2)cc1. The topological polar surface area (TPSA) is 79.9 Å². The van der Waals surface area contributed by atoms with Gasteiger partial charge < -0.3 is 9.72 Å². The number of carbonyl (C=O) groups is 1. The zero-order valence-electron chi connectivity index (χ0n) is 14.7. The Balaban J connectivity index is 1.32. The third-order valence-electron chi connectivity index (χ3n) is 3.97. The van der Waals surface area contributed by atoms with Crippen LogP contribution in [0.5, 0.6) is 5.75 Å². The quantitative estimate of drug-likeness (QED) is 0.530. The summed E-state index contributed by atoms with van der Waals surface area (Å²) in [6.07, 6.45) is 0.193. The van der Waals surface area contributed by atoms with Gasteiger partial charge in [-0.3, -0.25) is 10.1 Å². The number of H-pyrrole nitrogens is 1. The van der Waals surface area contributed by atoms with Crippen molar-refractivity contribution in [3.05, 3.63) is 70.2 Å². The molecule has 2 aromatic carbocycles. The number of hydrogen-bond acceptors (Lipinski definition) is 5. The number of benzene rings is 2. The van der Waals surface area contributed by atoms with Gasteiger partial charge in [-0.1, -0.05) is 29.8 Å². The highest BCUT2D eigenvalue weighted by Crippen LogP contribution is 2.17. The lowest BCUT2D eigenvalue weighted by Crippen LogP contribution is -2.15. The molecule has 4 rings (SSSR count). The van der Waals surface area contributed by atoms with Gasteiger partial charge >= 0.3 is 0 Å². The molecule has 2 N–H and O–H groups in total. The minimum absolute atomic E-state index is 0.162. The number of ether oxygens (including phenoxy) is 1. The van der Waals surface area contributed by atoms with Gasteiger partial charge in [-0.25, -0.2) is 9.97 Å². The van der Waals surface area contributed by atoms with Crippen LogP contribution in [-0.2, 0) is 17.8 Å². The van der Waals surface area contributed by atoms with E-state index in [4.69, 9.17) is 4.74 Å². The summed E-state index contributed by atoms with van der Waals surface area (Å²) >= 11 is 1.48. The van der Waals surface area contributed by atoms with Crippen LogP contribution in [0, 0.1) is 6.92 Å². The lowest BCUT2D eigenvalue weighted by Gasteiger charge is -2.03. The molecule has 0 spiro atoms. The van der Waals surface area contributed by atoms with E-state index in [2.05, 4.69) is 20.3 Å². The number of anilines is 1. The summed E-state index contributed by atoms with van der Waals surface area (Å²) in [5.41, 5.74) is 3.61. The first-order valence-corrected chi connectivity index (χ1v) is 9.41. The lowest BCUT2D eigenvalue weighted by molar-refractivity contribution is -0.115. The lowest BCUT2D eigenvalue weighted by atomic mass is 10.2. The highest BCUT2D eigenvalue weighted by molar-refractivity contribution is 7.09. The molecule has 0 saturated heterocycles. The van der Waals surface area contributed by atoms with E-state index in [-0.39, 0.29) is 12.3 Å². The number of nitrogens with one attached hydrogen (secondary N) is 2. The number of amides is 1. The number of aromatic amines is 1. The summed E-state index contributed by atoms with van der Waals surface area (Å²) in [4.78, 5) is 24.1. The van der Waals surface area contributed by atoms with Crippen LogP contribution >= 0.6 is 11.3 Å². The second-order valence-electron chi connectivity index (χ2n) is 6.16. The second-order valence-corrected chi connectivity index (χ2v) is 7.10. The number of fused-ring (bicyclic) bond motifs is 1. The van der Waals surface area contributed by atoms with Crippen molar-refractivity contribution in [2.75, 3.05) is 5.32 Å². The van der Waals surface area contributed by atoms with Gasteiger partial charge in [0.05, 0.1) is 23.1 Å². The minimum Gasteiger partial charge on any atom is -0.486 e. The normalized spacial score (nSPS) is 10.9. The predicted molar refractivity (Wildman–Crippen MR) is 106 cm³/mol. The Labute approximate surface area is 160 Å². The number of imidazole rings is 1. The maximum absolute atomic E-state index is 12.2. The monoisotopic (exact) mass is 378 g/mol. The molecular formula is C20H18N4O2S. The van der Waals surface area contributed by atoms with Crippen molar-refractivity contribution in [1.82, 2.24) is 15.0 Å². The van der Waals surface area contributed by atoms with Crippen LogP contribution in [0.25, 0.3) is 11.0 Å². The zero-order chi connectivity index (χ0) is 18.6. The van der Waals surface area contributed by atoms with Crippen molar-refractivity contribution in [2.24, 2.45) is 0 Å². The van der Waals surface area contributed by atoms with E-state index >= 15 is 0 Å². The van der Waals surface area contributed by atoms with Crippen molar-refractivity contribution in [3.8, 4) is 5.75 Å². The van der Waals surface area contributed by atoms with Crippen molar-refractivity contribution in [3.63, 3.8) is 0 Å². The zero-order valence-corrected chi connectivity index (χ0v) is 15.5. The number of thiazole rings is 1. The van der Waals surface area contributed by atoms with Gasteiger partial charge in [0, 0.05) is 5.38 Å². The molecule has 0 unspecified atom stereocenters. The molecule has 0 atom stereocenters. The maximum atomic E-state index is 12.2.